The van der Waals surface area contributed by atoms with Crippen molar-refractivity contribution in [3.8, 4) is 0 Å². The molecule has 0 spiro atoms. The van der Waals surface area contributed by atoms with Gasteiger partial charge in [-0.25, -0.2) is 0 Å². The van der Waals surface area contributed by atoms with Crippen molar-refractivity contribution >= 4 is 31.4 Å². The highest BCUT2D eigenvalue weighted by Crippen LogP contribution is 2.36. The van der Waals surface area contributed by atoms with E-state index in [0.29, 0.717) is 0 Å². The lowest BCUT2D eigenvalue weighted by molar-refractivity contribution is 1.06. The van der Waals surface area contributed by atoms with Gasteiger partial charge in [-0.1, -0.05) is 45.9 Å². The number of hydrogen-bond acceptors (Lipinski definition) is 3. The molecule has 0 saturated heterocycles. The Kier molecular flexibility index (Phi) is 14.0. The lowest BCUT2D eigenvalue weighted by atomic mass is 10.3. The van der Waals surface area contributed by atoms with Crippen LogP contribution in [0.2, 0.25) is 0 Å². The minimum Gasteiger partial charge on any atom is -0.103 e. The fraction of sp³-hybridized carbons (Fsp3) is 0.333. The van der Waals surface area contributed by atoms with Gasteiger partial charge >= 0.3 is 0 Å². The van der Waals surface area contributed by atoms with Crippen molar-refractivity contribution in [3.05, 3.63) is 48.3 Å². The second-order valence-corrected chi connectivity index (χ2v) is 6.59. The van der Waals surface area contributed by atoms with Gasteiger partial charge in [0.2, 0.25) is 0 Å². The molecule has 3 heteroatoms. The molecule has 0 amide bonds. The van der Waals surface area contributed by atoms with E-state index in [4.69, 9.17) is 0 Å². The zero-order chi connectivity index (χ0) is 11.2. The normalized spacial score (nSPS) is 11.2. The third-order valence-corrected chi connectivity index (χ3v) is 4.77. The summed E-state index contributed by atoms with van der Waals surface area (Å²) in [5.41, 5.74) is 0. The van der Waals surface area contributed by atoms with Gasteiger partial charge in [0, 0.05) is 0 Å². The van der Waals surface area contributed by atoms with Crippen LogP contribution in [0.25, 0.3) is 0 Å². The summed E-state index contributed by atoms with van der Waals surface area (Å²) in [7, 11) is 5.30. The van der Waals surface area contributed by atoms with Crippen LogP contribution in [0.5, 0.6) is 0 Å². The summed E-state index contributed by atoms with van der Waals surface area (Å²) in [6.07, 6.45) is 12.6. The van der Waals surface area contributed by atoms with E-state index in [9.17, 15) is 0 Å². The van der Waals surface area contributed by atoms with Gasteiger partial charge in [0.05, 0.1) is 0 Å². The van der Waals surface area contributed by atoms with Gasteiger partial charge in [-0.15, -0.1) is 13.2 Å². The Bertz CT molecular complexity index is 185. The van der Waals surface area contributed by atoms with Crippen molar-refractivity contribution in [1.29, 1.82) is 0 Å². The number of hydrogen-bond donors (Lipinski definition) is 0. The van der Waals surface area contributed by atoms with Gasteiger partial charge in [-0.3, -0.25) is 0 Å². The first kappa shape index (κ1) is 15.0. The van der Waals surface area contributed by atoms with Crippen LogP contribution in [0, 0.1) is 0 Å². The van der Waals surface area contributed by atoms with Crippen molar-refractivity contribution in [2.24, 2.45) is 0 Å². The molecule has 0 atom stereocenters. The summed E-state index contributed by atoms with van der Waals surface area (Å²) in [4.78, 5) is 0. The molecule has 0 saturated carbocycles. The molecule has 0 fully saturated rings. The van der Waals surface area contributed by atoms with Crippen molar-refractivity contribution in [1.82, 2.24) is 0 Å². The van der Waals surface area contributed by atoms with Gasteiger partial charge < -0.3 is 0 Å². The first-order chi connectivity index (χ1) is 7.41. The first-order valence-electron chi connectivity index (χ1n) is 4.92. The molecule has 15 heavy (non-hydrogen) atoms. The zero-order valence-corrected chi connectivity index (χ0v) is 11.4. The van der Waals surface area contributed by atoms with Crippen molar-refractivity contribution in [2.45, 2.75) is 25.7 Å². The van der Waals surface area contributed by atoms with E-state index in [1.807, 2.05) is 12.2 Å². The Morgan fingerprint density at radius 3 is 1.60 bits per heavy atom. The smallest absolute Gasteiger partial charge is 0.0158 e. The number of allylic oxidation sites excluding steroid dienone is 4. The van der Waals surface area contributed by atoms with Gasteiger partial charge in [0.25, 0.3) is 0 Å². The first-order valence-corrected chi connectivity index (χ1v) is 8.53. The summed E-state index contributed by atoms with van der Waals surface area (Å²) >= 11 is 0. The van der Waals surface area contributed by atoms with Crippen LogP contribution in [-0.2, 0) is 0 Å². The van der Waals surface area contributed by atoms with Crippen LogP contribution in [0.1, 0.15) is 25.7 Å². The standard InChI is InChI=1S/C12H18S3/c1-3-5-7-9-11-13-15-14-12-10-8-6-4-2/h3-4,9-12H,1-2,5-8H2. The summed E-state index contributed by atoms with van der Waals surface area (Å²) in [6, 6.07) is 0. The largest absolute Gasteiger partial charge is 0.103 e. The average molecular weight is 258 g/mol. The molecule has 0 aromatic carbocycles. The molecule has 84 valence electrons. The Hall–Kier alpha value is 0.01000. The predicted molar refractivity (Wildman–Crippen MR) is 79.9 cm³/mol. The third kappa shape index (κ3) is 14.0. The highest BCUT2D eigenvalue weighted by Gasteiger charge is 1.82. The monoisotopic (exact) mass is 258 g/mol. The van der Waals surface area contributed by atoms with Crippen LogP contribution in [0.3, 0.4) is 0 Å². The lowest BCUT2D eigenvalue weighted by Gasteiger charge is -1.89. The summed E-state index contributed by atoms with van der Waals surface area (Å²) in [6.45, 7) is 7.35. The van der Waals surface area contributed by atoms with Gasteiger partial charge in [0.15, 0.2) is 0 Å². The van der Waals surface area contributed by atoms with Crippen LogP contribution in [0.15, 0.2) is 48.3 Å². The maximum absolute atomic E-state index is 3.68. The lowest BCUT2D eigenvalue weighted by Crippen LogP contribution is -1.60. The maximum Gasteiger partial charge on any atom is -0.0158 e. The molecule has 0 N–H and O–H groups in total. The SMILES string of the molecule is C=CCCC=CSSSC=CCCC=C. The second-order valence-electron chi connectivity index (χ2n) is 2.74. The molecule has 0 aliphatic rings. The molecular weight excluding hydrogens is 240 g/mol. The molecule has 0 radical (unpaired) electrons. The van der Waals surface area contributed by atoms with E-state index in [2.05, 4.69) is 36.1 Å². The van der Waals surface area contributed by atoms with E-state index in [0.717, 1.165) is 25.7 Å². The number of rotatable bonds is 10. The van der Waals surface area contributed by atoms with Gasteiger partial charge in [-0.05, 0) is 46.3 Å². The van der Waals surface area contributed by atoms with Crippen LogP contribution >= 0.6 is 31.4 Å². The van der Waals surface area contributed by atoms with Crippen molar-refractivity contribution < 1.29 is 0 Å². The molecule has 0 unspecified atom stereocenters. The van der Waals surface area contributed by atoms with Crippen LogP contribution in [-0.4, -0.2) is 0 Å². The van der Waals surface area contributed by atoms with E-state index >= 15 is 0 Å². The van der Waals surface area contributed by atoms with E-state index in [-0.39, 0.29) is 0 Å². The van der Waals surface area contributed by atoms with Gasteiger partial charge in [-0.2, -0.15) is 0 Å². The fourth-order valence-electron chi connectivity index (χ4n) is 0.711. The molecule has 0 aliphatic carbocycles. The highest BCUT2D eigenvalue weighted by molar-refractivity contribution is 9.10. The Morgan fingerprint density at radius 1 is 0.733 bits per heavy atom. The highest BCUT2D eigenvalue weighted by atomic mass is 33.5. The Morgan fingerprint density at radius 2 is 1.20 bits per heavy atom. The van der Waals surface area contributed by atoms with Crippen molar-refractivity contribution in [2.75, 3.05) is 0 Å². The molecular formula is C12H18S3. The second kappa shape index (κ2) is 14.0. The van der Waals surface area contributed by atoms with E-state index in [1.165, 1.54) is 0 Å². The minimum absolute atomic E-state index is 1.07. The topological polar surface area (TPSA) is 0 Å². The molecule has 0 heterocycles. The Labute approximate surface area is 105 Å². The van der Waals surface area contributed by atoms with Crippen molar-refractivity contribution in [3.63, 3.8) is 0 Å². The fourth-order valence-corrected chi connectivity index (χ4v) is 3.38. The maximum atomic E-state index is 3.68. The Balaban J connectivity index is 3.16. The minimum atomic E-state index is 1.07. The molecule has 0 rings (SSSR count). The molecule has 0 aromatic rings. The van der Waals surface area contributed by atoms with Crippen LogP contribution < -0.4 is 0 Å². The van der Waals surface area contributed by atoms with Gasteiger partial charge in [0.1, 0.15) is 0 Å². The number of unbranched alkanes of at least 4 members (excludes halogenated alkanes) is 2. The van der Waals surface area contributed by atoms with E-state index in [1.54, 1.807) is 31.4 Å². The van der Waals surface area contributed by atoms with E-state index < -0.39 is 0 Å². The quantitative estimate of drug-likeness (QED) is 0.269. The molecule has 0 aromatic heterocycles. The average Bonchev–Trinajstić information content (AvgIpc) is 2.26. The summed E-state index contributed by atoms with van der Waals surface area (Å²) < 4.78 is 0. The predicted octanol–water partition coefficient (Wildman–Crippen LogP) is 5.98. The third-order valence-electron chi connectivity index (χ3n) is 1.46. The summed E-state index contributed by atoms with van der Waals surface area (Å²) in [5, 5.41) is 4.28. The zero-order valence-electron chi connectivity index (χ0n) is 8.93. The summed E-state index contributed by atoms with van der Waals surface area (Å²) in [5.74, 6) is 0. The molecule has 0 aliphatic heterocycles. The van der Waals surface area contributed by atoms with Crippen LogP contribution in [0.4, 0.5) is 0 Å². The molecule has 0 bridgehead atoms. The molecule has 0 nitrogen and oxygen atoms in total.